The number of anilines is 2. The number of nitriles is 2. The molecule has 1 spiro atoms. The van der Waals surface area contributed by atoms with Gasteiger partial charge in [-0.1, -0.05) is 13.3 Å². The van der Waals surface area contributed by atoms with Crippen LogP contribution in [0, 0.1) is 28.1 Å². The van der Waals surface area contributed by atoms with E-state index >= 15 is 0 Å². The van der Waals surface area contributed by atoms with Gasteiger partial charge in [-0.2, -0.15) is 23.7 Å². The van der Waals surface area contributed by atoms with E-state index in [1.165, 1.54) is 23.8 Å². The summed E-state index contributed by atoms with van der Waals surface area (Å²) in [4.78, 5) is 21.5. The summed E-state index contributed by atoms with van der Waals surface area (Å²) in [7, 11) is 1.78. The number of aromatic nitrogens is 4. The van der Waals surface area contributed by atoms with Crippen molar-refractivity contribution < 1.29 is 18.0 Å². The van der Waals surface area contributed by atoms with Crippen LogP contribution < -0.4 is 10.6 Å². The first-order valence-corrected chi connectivity index (χ1v) is 16.3. The van der Waals surface area contributed by atoms with Crippen molar-refractivity contribution in [2.45, 2.75) is 64.7 Å². The average molecular weight is 668 g/mol. The number of nitrogens with zero attached hydrogens (tertiary/aromatic N) is 8. The number of hydrogen-bond acceptors (Lipinski definition) is 8. The minimum atomic E-state index is -4.63. The van der Waals surface area contributed by atoms with Crippen molar-refractivity contribution in [3.05, 3.63) is 76.6 Å². The fraction of sp³-hybridized carbons (Fsp3) is 0.389. The average Bonchev–Trinajstić information content (AvgIpc) is 3.33. The number of hydrogen-bond donors (Lipinski definition) is 1. The van der Waals surface area contributed by atoms with E-state index in [2.05, 4.69) is 39.1 Å². The third kappa shape index (κ3) is 6.99. The molecule has 7 rings (SSSR count). The Morgan fingerprint density at radius 1 is 1.04 bits per heavy atom. The van der Waals surface area contributed by atoms with Gasteiger partial charge in [0.15, 0.2) is 5.82 Å². The first-order chi connectivity index (χ1) is 23.4. The quantitative estimate of drug-likeness (QED) is 0.211. The van der Waals surface area contributed by atoms with Crippen molar-refractivity contribution in [1.82, 2.24) is 24.6 Å². The first kappa shape index (κ1) is 33.6. The minimum absolute atomic E-state index is 0.0298. The van der Waals surface area contributed by atoms with E-state index < -0.39 is 17.6 Å². The van der Waals surface area contributed by atoms with Crippen LogP contribution >= 0.6 is 0 Å². The SMILES string of the molecule is CCCCC#N.Cn1cnnc1-c1ccc(C#N)cc1-c1cc(N)nc(N2Cc3c(cc(CN4CCC5(CC5)C4)cc3C(F)(F)F)C2=O)c1. The fourth-order valence-electron chi connectivity index (χ4n) is 6.66. The van der Waals surface area contributed by atoms with Gasteiger partial charge in [0.2, 0.25) is 0 Å². The standard InChI is InChI=1S/C31H27F3N8O.C5H9N/c1-40-17-37-39-28(40)21-3-2-18(13-35)8-22(21)20-11-26(36)38-27(12-20)42-15-24-23(29(42)43)9-19(10-25(24)31(32,33)34)14-41-7-6-30(16-41)4-5-30;1-2-3-4-5-6/h2-3,8-12,17H,4-7,14-16H2,1H3,(H2,36,38);2-4H2,1H3. The number of alkyl halides is 3. The Morgan fingerprint density at radius 2 is 1.84 bits per heavy atom. The molecule has 0 unspecified atom stereocenters. The van der Waals surface area contributed by atoms with Gasteiger partial charge in [-0.15, -0.1) is 10.2 Å². The van der Waals surface area contributed by atoms with E-state index in [-0.39, 0.29) is 29.3 Å². The third-order valence-electron chi connectivity index (χ3n) is 9.45. The Bertz CT molecular complexity index is 1980. The Labute approximate surface area is 282 Å². The molecule has 2 N–H and O–H groups in total. The van der Waals surface area contributed by atoms with Crippen LogP contribution in [0.25, 0.3) is 22.5 Å². The van der Waals surface area contributed by atoms with Crippen molar-refractivity contribution in [3.63, 3.8) is 0 Å². The number of fused-ring (bicyclic) bond motifs is 1. The maximum Gasteiger partial charge on any atom is 0.416 e. The predicted octanol–water partition coefficient (Wildman–Crippen LogP) is 6.86. The van der Waals surface area contributed by atoms with Crippen molar-refractivity contribution >= 4 is 17.5 Å². The van der Waals surface area contributed by atoms with Gasteiger partial charge in [-0.3, -0.25) is 14.6 Å². The number of benzene rings is 2. The number of aryl methyl sites for hydroxylation is 1. The second kappa shape index (κ2) is 13.3. The summed E-state index contributed by atoms with van der Waals surface area (Å²) in [5.41, 5.74) is 8.33. The maximum absolute atomic E-state index is 14.3. The number of unbranched alkanes of at least 4 members (excludes halogenated alkanes) is 2. The van der Waals surface area contributed by atoms with Crippen LogP contribution in [0.3, 0.4) is 0 Å². The Kier molecular flexibility index (Phi) is 9.14. The van der Waals surface area contributed by atoms with Crippen LogP contribution in [0.15, 0.2) is 48.8 Å². The second-order valence-corrected chi connectivity index (χ2v) is 13.1. The minimum Gasteiger partial charge on any atom is -0.384 e. The van der Waals surface area contributed by atoms with Crippen molar-refractivity contribution in [1.29, 1.82) is 10.5 Å². The summed E-state index contributed by atoms with van der Waals surface area (Å²) >= 11 is 0. The van der Waals surface area contributed by atoms with Gasteiger partial charge in [0.1, 0.15) is 18.0 Å². The number of nitrogens with two attached hydrogens (primary N) is 1. The van der Waals surface area contributed by atoms with Crippen LogP contribution in [-0.2, 0) is 26.3 Å². The zero-order chi connectivity index (χ0) is 34.9. The molecule has 13 heteroatoms. The van der Waals surface area contributed by atoms with Gasteiger partial charge in [0, 0.05) is 37.7 Å². The lowest BCUT2D eigenvalue weighted by atomic mass is 9.97. The smallest absolute Gasteiger partial charge is 0.384 e. The molecular formula is C36H36F3N9O. The number of nitrogen functional groups attached to an aromatic ring is 1. The van der Waals surface area contributed by atoms with E-state index in [0.717, 1.165) is 38.8 Å². The molecule has 2 fully saturated rings. The summed E-state index contributed by atoms with van der Waals surface area (Å²) in [5.74, 6) is 0.162. The molecule has 2 aromatic carbocycles. The number of rotatable bonds is 7. The molecule has 2 aliphatic heterocycles. The van der Waals surface area contributed by atoms with Gasteiger partial charge in [-0.25, -0.2) is 4.98 Å². The van der Waals surface area contributed by atoms with Crippen LogP contribution in [0.4, 0.5) is 24.8 Å². The highest BCUT2D eigenvalue weighted by Crippen LogP contribution is 2.53. The summed E-state index contributed by atoms with van der Waals surface area (Å²) < 4.78 is 44.7. The van der Waals surface area contributed by atoms with Crippen molar-refractivity contribution in [3.8, 4) is 34.7 Å². The normalized spacial score (nSPS) is 16.2. The molecule has 2 aromatic heterocycles. The van der Waals surface area contributed by atoms with Gasteiger partial charge >= 0.3 is 6.18 Å². The number of carbonyl (C=O) groups excluding carboxylic acids is 1. The van der Waals surface area contributed by atoms with E-state index in [1.54, 1.807) is 54.3 Å². The van der Waals surface area contributed by atoms with Gasteiger partial charge < -0.3 is 10.3 Å². The highest BCUT2D eigenvalue weighted by Gasteiger charge is 2.47. The van der Waals surface area contributed by atoms with Crippen LogP contribution in [0.5, 0.6) is 0 Å². The first-order valence-electron chi connectivity index (χ1n) is 16.3. The molecule has 4 aromatic rings. The van der Waals surface area contributed by atoms with E-state index in [1.807, 2.05) is 0 Å². The molecule has 1 aliphatic carbocycles. The molecule has 10 nitrogen and oxygen atoms in total. The van der Waals surface area contributed by atoms with E-state index in [0.29, 0.717) is 45.6 Å². The Balaban J connectivity index is 0.000000639. The lowest BCUT2D eigenvalue weighted by Gasteiger charge is -2.19. The largest absolute Gasteiger partial charge is 0.416 e. The van der Waals surface area contributed by atoms with Crippen LogP contribution in [-0.4, -0.2) is 43.6 Å². The van der Waals surface area contributed by atoms with Crippen LogP contribution in [0.2, 0.25) is 0 Å². The topological polar surface area (TPSA) is 141 Å². The molecule has 1 saturated heterocycles. The van der Waals surface area contributed by atoms with Crippen molar-refractivity contribution in [2.75, 3.05) is 23.7 Å². The molecule has 3 aliphatic rings. The summed E-state index contributed by atoms with van der Waals surface area (Å²) in [5, 5.41) is 25.6. The Hall–Kier alpha value is -5.27. The van der Waals surface area contributed by atoms with Gasteiger partial charge in [-0.05, 0) is 102 Å². The van der Waals surface area contributed by atoms with E-state index in [4.69, 9.17) is 11.0 Å². The molecule has 1 amide bonds. The van der Waals surface area contributed by atoms with Gasteiger partial charge in [0.05, 0.1) is 29.8 Å². The lowest BCUT2D eigenvalue weighted by Crippen LogP contribution is -2.24. The monoisotopic (exact) mass is 667 g/mol. The summed E-state index contributed by atoms with van der Waals surface area (Å²) in [6.07, 6.45) is 3.23. The number of amides is 1. The van der Waals surface area contributed by atoms with Crippen LogP contribution in [0.1, 0.15) is 78.1 Å². The second-order valence-electron chi connectivity index (χ2n) is 13.1. The Morgan fingerprint density at radius 3 is 2.45 bits per heavy atom. The van der Waals surface area contributed by atoms with Crippen molar-refractivity contribution in [2.24, 2.45) is 12.5 Å². The molecule has 0 bridgehead atoms. The molecule has 49 heavy (non-hydrogen) atoms. The lowest BCUT2D eigenvalue weighted by molar-refractivity contribution is -0.138. The number of carbonyl (C=O) groups is 1. The maximum atomic E-state index is 14.3. The number of likely N-dealkylation sites (tertiary alicyclic amines) is 1. The molecule has 0 radical (unpaired) electrons. The fourth-order valence-corrected chi connectivity index (χ4v) is 6.66. The molecule has 0 atom stereocenters. The molecular weight excluding hydrogens is 631 g/mol. The third-order valence-corrected chi connectivity index (χ3v) is 9.45. The summed E-state index contributed by atoms with van der Waals surface area (Å²) in [6, 6.07) is 15.2. The predicted molar refractivity (Wildman–Crippen MR) is 177 cm³/mol. The highest BCUT2D eigenvalue weighted by molar-refractivity contribution is 6.10. The molecule has 4 heterocycles. The molecule has 252 valence electrons. The number of halogens is 3. The highest BCUT2D eigenvalue weighted by atomic mass is 19.4. The van der Waals surface area contributed by atoms with Gasteiger partial charge in [0.25, 0.3) is 5.91 Å². The zero-order valence-corrected chi connectivity index (χ0v) is 27.4. The molecule has 1 saturated carbocycles. The number of pyridine rings is 1. The zero-order valence-electron chi connectivity index (χ0n) is 27.4. The van der Waals surface area contributed by atoms with E-state index in [9.17, 15) is 23.2 Å². The summed E-state index contributed by atoms with van der Waals surface area (Å²) in [6.45, 7) is 3.88.